The van der Waals surface area contributed by atoms with E-state index in [0.29, 0.717) is 23.8 Å². The summed E-state index contributed by atoms with van der Waals surface area (Å²) in [5.74, 6) is 1.29. The number of nitrogens with two attached hydrogens (primary N) is 1. The minimum atomic E-state index is -0.953. The van der Waals surface area contributed by atoms with Gasteiger partial charge in [-0.25, -0.2) is 0 Å². The van der Waals surface area contributed by atoms with E-state index in [9.17, 15) is 4.79 Å². The van der Waals surface area contributed by atoms with Gasteiger partial charge in [0.15, 0.2) is 0 Å². The summed E-state index contributed by atoms with van der Waals surface area (Å²) in [5.41, 5.74) is 5.38. The Morgan fingerprint density at radius 2 is 2.28 bits per heavy atom. The third-order valence-electron chi connectivity index (χ3n) is 2.18. The number of hydrogen-bond acceptors (Lipinski definition) is 4. The first-order chi connectivity index (χ1) is 8.59. The van der Waals surface area contributed by atoms with Gasteiger partial charge in [-0.15, -0.1) is 0 Å². The van der Waals surface area contributed by atoms with E-state index in [0.717, 1.165) is 11.5 Å². The summed E-state index contributed by atoms with van der Waals surface area (Å²) in [6.45, 7) is 0.563. The number of carboxylic acid groups (broad SMARTS) is 1. The Hall–Kier alpha value is -0.910. The molecular formula is C12H16ClNO3S. The number of hydrogen-bond donors (Lipinski definition) is 2. The van der Waals surface area contributed by atoms with Gasteiger partial charge in [-0.3, -0.25) is 4.79 Å². The van der Waals surface area contributed by atoms with Gasteiger partial charge in [0.2, 0.25) is 0 Å². The summed E-state index contributed by atoms with van der Waals surface area (Å²) in [6, 6.07) is 6.45. The molecule has 0 heterocycles. The van der Waals surface area contributed by atoms with Gasteiger partial charge in [-0.2, -0.15) is 11.8 Å². The zero-order valence-corrected chi connectivity index (χ0v) is 11.4. The van der Waals surface area contributed by atoms with Crippen molar-refractivity contribution < 1.29 is 14.6 Å². The van der Waals surface area contributed by atoms with Crippen LogP contribution in [0.3, 0.4) is 0 Å². The molecule has 0 aromatic heterocycles. The van der Waals surface area contributed by atoms with Crippen LogP contribution in [0.5, 0.6) is 5.75 Å². The summed E-state index contributed by atoms with van der Waals surface area (Å²) in [4.78, 5) is 10.5. The maximum Gasteiger partial charge on any atom is 0.320 e. The van der Waals surface area contributed by atoms with E-state index in [4.69, 9.17) is 27.2 Å². The highest BCUT2D eigenvalue weighted by Crippen LogP contribution is 2.17. The molecule has 0 aliphatic heterocycles. The highest BCUT2D eigenvalue weighted by molar-refractivity contribution is 7.99. The first-order valence-electron chi connectivity index (χ1n) is 5.54. The van der Waals surface area contributed by atoms with E-state index < -0.39 is 12.0 Å². The van der Waals surface area contributed by atoms with E-state index in [2.05, 4.69) is 0 Å². The maximum absolute atomic E-state index is 10.5. The average Bonchev–Trinajstić information content (AvgIpc) is 2.33. The lowest BCUT2D eigenvalue weighted by atomic mass is 10.2. The number of benzene rings is 1. The second-order valence-corrected chi connectivity index (χ2v) is 5.31. The lowest BCUT2D eigenvalue weighted by Gasteiger charge is -2.07. The zero-order chi connectivity index (χ0) is 13.4. The van der Waals surface area contributed by atoms with E-state index in [1.165, 1.54) is 0 Å². The van der Waals surface area contributed by atoms with Crippen LogP contribution < -0.4 is 10.5 Å². The normalized spacial score (nSPS) is 12.1. The summed E-state index contributed by atoms with van der Waals surface area (Å²) in [5, 5.41) is 9.23. The fourth-order valence-corrected chi connectivity index (χ4v) is 2.22. The third kappa shape index (κ3) is 6.14. The Morgan fingerprint density at radius 1 is 1.50 bits per heavy atom. The van der Waals surface area contributed by atoms with Crippen molar-refractivity contribution in [3.63, 3.8) is 0 Å². The minimum absolute atomic E-state index is 0.469. The van der Waals surface area contributed by atoms with Gasteiger partial charge < -0.3 is 15.6 Å². The summed E-state index contributed by atoms with van der Waals surface area (Å²) < 4.78 is 5.49. The molecule has 1 unspecified atom stereocenters. The van der Waals surface area contributed by atoms with E-state index in [1.54, 1.807) is 23.9 Å². The second-order valence-electron chi connectivity index (χ2n) is 3.65. The number of carbonyl (C=O) groups is 1. The van der Waals surface area contributed by atoms with Crippen LogP contribution in [-0.4, -0.2) is 35.2 Å². The fraction of sp³-hybridized carbons (Fsp3) is 0.417. The lowest BCUT2D eigenvalue weighted by molar-refractivity contribution is -0.138. The molecule has 0 aliphatic carbocycles. The Balaban J connectivity index is 2.07. The number of ether oxygens (including phenoxy) is 1. The summed E-state index contributed by atoms with van der Waals surface area (Å²) in [6.07, 6.45) is 0.469. The largest absolute Gasteiger partial charge is 0.493 e. The molecule has 1 aromatic rings. The van der Waals surface area contributed by atoms with Gasteiger partial charge >= 0.3 is 5.97 Å². The van der Waals surface area contributed by atoms with Crippen molar-refractivity contribution >= 4 is 29.3 Å². The quantitative estimate of drug-likeness (QED) is 0.718. The smallest absolute Gasteiger partial charge is 0.320 e. The Morgan fingerprint density at radius 3 is 2.94 bits per heavy atom. The van der Waals surface area contributed by atoms with Gasteiger partial charge in [-0.05, 0) is 30.4 Å². The number of carboxylic acids is 1. The second kappa shape index (κ2) is 8.24. The molecule has 1 aromatic carbocycles. The van der Waals surface area contributed by atoms with Gasteiger partial charge in [0.05, 0.1) is 6.61 Å². The molecule has 0 aliphatic rings. The number of rotatable bonds is 8. The van der Waals surface area contributed by atoms with Crippen LogP contribution in [0.15, 0.2) is 24.3 Å². The van der Waals surface area contributed by atoms with E-state index in [1.807, 2.05) is 12.1 Å². The highest BCUT2D eigenvalue weighted by atomic mass is 35.5. The van der Waals surface area contributed by atoms with Crippen molar-refractivity contribution in [3.8, 4) is 5.75 Å². The molecule has 0 bridgehead atoms. The summed E-state index contributed by atoms with van der Waals surface area (Å²) in [7, 11) is 0. The molecule has 6 heteroatoms. The van der Waals surface area contributed by atoms with Crippen molar-refractivity contribution in [1.82, 2.24) is 0 Å². The Kier molecular flexibility index (Phi) is 6.93. The lowest BCUT2D eigenvalue weighted by Crippen LogP contribution is -2.30. The van der Waals surface area contributed by atoms with Crippen molar-refractivity contribution in [1.29, 1.82) is 0 Å². The monoisotopic (exact) mass is 289 g/mol. The molecule has 1 rings (SSSR count). The first kappa shape index (κ1) is 15.1. The van der Waals surface area contributed by atoms with Crippen LogP contribution in [0, 0.1) is 0 Å². The Bertz CT molecular complexity index is 389. The van der Waals surface area contributed by atoms with Crippen molar-refractivity contribution in [3.05, 3.63) is 29.3 Å². The molecular weight excluding hydrogens is 274 g/mol. The van der Waals surface area contributed by atoms with E-state index >= 15 is 0 Å². The van der Waals surface area contributed by atoms with Gasteiger partial charge in [-0.1, -0.05) is 17.7 Å². The average molecular weight is 290 g/mol. The molecule has 4 nitrogen and oxygen atoms in total. The zero-order valence-electron chi connectivity index (χ0n) is 9.84. The maximum atomic E-state index is 10.5. The van der Waals surface area contributed by atoms with Gasteiger partial charge in [0.25, 0.3) is 0 Å². The van der Waals surface area contributed by atoms with Crippen LogP contribution in [-0.2, 0) is 4.79 Å². The minimum Gasteiger partial charge on any atom is -0.493 e. The third-order valence-corrected chi connectivity index (χ3v) is 3.40. The van der Waals surface area contributed by atoms with Crippen molar-refractivity contribution in [2.45, 2.75) is 12.5 Å². The molecule has 3 N–H and O–H groups in total. The first-order valence-corrected chi connectivity index (χ1v) is 7.07. The van der Waals surface area contributed by atoms with Crippen LogP contribution in [0.1, 0.15) is 6.42 Å². The van der Waals surface area contributed by atoms with Crippen LogP contribution in [0.25, 0.3) is 0 Å². The van der Waals surface area contributed by atoms with Crippen molar-refractivity contribution in [2.75, 3.05) is 18.1 Å². The molecule has 0 saturated heterocycles. The highest BCUT2D eigenvalue weighted by Gasteiger charge is 2.09. The molecule has 0 spiro atoms. The van der Waals surface area contributed by atoms with Crippen LogP contribution in [0.2, 0.25) is 5.02 Å². The number of halogens is 1. The van der Waals surface area contributed by atoms with Crippen LogP contribution in [0.4, 0.5) is 0 Å². The predicted molar refractivity (Wildman–Crippen MR) is 74.5 cm³/mol. The SMILES string of the molecule is NC(CCSCCOc1cccc(Cl)c1)C(=O)O. The molecule has 18 heavy (non-hydrogen) atoms. The van der Waals surface area contributed by atoms with E-state index in [-0.39, 0.29) is 0 Å². The van der Waals surface area contributed by atoms with Gasteiger partial charge in [0, 0.05) is 10.8 Å². The topological polar surface area (TPSA) is 72.5 Å². The Labute approximate surface area is 115 Å². The molecule has 0 fully saturated rings. The summed E-state index contributed by atoms with van der Waals surface area (Å²) >= 11 is 7.44. The molecule has 0 amide bonds. The molecule has 1 atom stereocenters. The predicted octanol–water partition coefficient (Wildman–Crippen LogP) is 2.25. The molecule has 0 radical (unpaired) electrons. The fourth-order valence-electron chi connectivity index (χ4n) is 1.21. The van der Waals surface area contributed by atoms with Gasteiger partial charge in [0.1, 0.15) is 11.8 Å². The standard InChI is InChI=1S/C12H16ClNO3S/c13-9-2-1-3-10(8-9)17-5-7-18-6-4-11(14)12(15)16/h1-3,8,11H,4-7,14H2,(H,15,16). The number of thioether (sulfide) groups is 1. The number of aliphatic carboxylic acids is 1. The molecule has 100 valence electrons. The van der Waals surface area contributed by atoms with Crippen molar-refractivity contribution in [2.24, 2.45) is 5.73 Å². The molecule has 0 saturated carbocycles. The van der Waals surface area contributed by atoms with Crippen LogP contribution >= 0.6 is 23.4 Å².